The fourth-order valence-corrected chi connectivity index (χ4v) is 5.79. The van der Waals surface area contributed by atoms with Crippen LogP contribution in [-0.4, -0.2) is 38.1 Å². The number of thioether (sulfide) groups is 1. The standard InChI is InChI=1S/C32H39N3O2S2/c1-5-7-11-24(6-2)21-34-31(36)29(39-32(34)38)20-26-22-35(27-12-9-8-10-13-27)33-30(26)25-14-16-28(17-15-25)37-19-18-23(3)4/h8-10,12-17,20,22-24H,5-7,11,18-19,21H2,1-4H3. The van der Waals surface area contributed by atoms with E-state index in [1.165, 1.54) is 18.2 Å². The van der Waals surface area contributed by atoms with Crippen molar-refractivity contribution in [1.82, 2.24) is 14.7 Å². The minimum Gasteiger partial charge on any atom is -0.494 e. The molecule has 1 atom stereocenters. The van der Waals surface area contributed by atoms with E-state index in [0.717, 1.165) is 53.9 Å². The summed E-state index contributed by atoms with van der Waals surface area (Å²) in [6.45, 7) is 10.2. The molecule has 0 N–H and O–H groups in total. The second-order valence-electron chi connectivity index (χ2n) is 10.5. The van der Waals surface area contributed by atoms with Crippen molar-refractivity contribution in [2.75, 3.05) is 13.2 Å². The minimum absolute atomic E-state index is 0.00717. The van der Waals surface area contributed by atoms with Crippen LogP contribution < -0.4 is 4.74 Å². The van der Waals surface area contributed by atoms with Crippen molar-refractivity contribution < 1.29 is 9.53 Å². The average Bonchev–Trinajstić information content (AvgIpc) is 3.47. The average molecular weight is 562 g/mol. The molecule has 2 aromatic carbocycles. The molecule has 0 radical (unpaired) electrons. The zero-order valence-corrected chi connectivity index (χ0v) is 25.1. The summed E-state index contributed by atoms with van der Waals surface area (Å²) in [7, 11) is 0. The van der Waals surface area contributed by atoms with E-state index in [0.29, 0.717) is 34.2 Å². The van der Waals surface area contributed by atoms with Crippen molar-refractivity contribution in [3.63, 3.8) is 0 Å². The van der Waals surface area contributed by atoms with Crippen molar-refractivity contribution in [3.8, 4) is 22.7 Å². The summed E-state index contributed by atoms with van der Waals surface area (Å²) in [5.74, 6) is 1.90. The summed E-state index contributed by atoms with van der Waals surface area (Å²) in [5, 5.41) is 4.93. The van der Waals surface area contributed by atoms with E-state index in [4.69, 9.17) is 22.1 Å². The highest BCUT2D eigenvalue weighted by Gasteiger charge is 2.33. The Labute approximate surface area is 242 Å². The summed E-state index contributed by atoms with van der Waals surface area (Å²) < 4.78 is 8.43. The monoisotopic (exact) mass is 561 g/mol. The van der Waals surface area contributed by atoms with E-state index in [1.54, 1.807) is 4.90 Å². The molecule has 1 aliphatic heterocycles. The molecule has 0 saturated carbocycles. The molecule has 5 nitrogen and oxygen atoms in total. The maximum absolute atomic E-state index is 13.5. The molecule has 4 rings (SSSR count). The summed E-state index contributed by atoms with van der Waals surface area (Å²) in [6.07, 6.45) is 9.45. The van der Waals surface area contributed by atoms with Crippen LogP contribution in [0.2, 0.25) is 0 Å². The number of benzene rings is 2. The lowest BCUT2D eigenvalue weighted by Gasteiger charge is -2.21. The van der Waals surface area contributed by atoms with Gasteiger partial charge in [-0.1, -0.05) is 89.1 Å². The minimum atomic E-state index is -0.00717. The van der Waals surface area contributed by atoms with Crippen LogP contribution in [0.1, 0.15) is 65.4 Å². The Hall–Kier alpha value is -2.90. The number of unbranched alkanes of at least 4 members (excludes halogenated alkanes) is 1. The zero-order valence-electron chi connectivity index (χ0n) is 23.4. The Balaban J connectivity index is 1.62. The molecular formula is C32H39N3O2S2. The lowest BCUT2D eigenvalue weighted by Crippen LogP contribution is -2.33. The molecule has 0 aliphatic carbocycles. The van der Waals surface area contributed by atoms with E-state index in [9.17, 15) is 4.79 Å². The van der Waals surface area contributed by atoms with E-state index in [1.807, 2.05) is 71.6 Å². The molecule has 0 spiro atoms. The SMILES string of the molecule is CCCCC(CC)CN1C(=O)C(=Cc2cn(-c3ccccc3)nc2-c2ccc(OCCC(C)C)cc2)SC1=S. The number of aromatic nitrogens is 2. The number of thiocarbonyl (C=S) groups is 1. The Morgan fingerprint density at radius 3 is 2.46 bits per heavy atom. The van der Waals surface area contributed by atoms with Gasteiger partial charge in [0.25, 0.3) is 5.91 Å². The zero-order chi connectivity index (χ0) is 27.8. The molecule has 1 fully saturated rings. The molecule has 1 saturated heterocycles. The Morgan fingerprint density at radius 1 is 1.05 bits per heavy atom. The Morgan fingerprint density at radius 2 is 1.79 bits per heavy atom. The first-order valence-electron chi connectivity index (χ1n) is 14.0. The van der Waals surface area contributed by atoms with Crippen LogP contribution in [0.3, 0.4) is 0 Å². The molecule has 2 heterocycles. The number of hydrogen-bond acceptors (Lipinski definition) is 5. The van der Waals surface area contributed by atoms with Crippen molar-refractivity contribution in [1.29, 1.82) is 0 Å². The highest BCUT2D eigenvalue weighted by Crippen LogP contribution is 2.36. The summed E-state index contributed by atoms with van der Waals surface area (Å²) in [6, 6.07) is 18.1. The number of carbonyl (C=O) groups is 1. The van der Waals surface area contributed by atoms with Gasteiger partial charge in [-0.3, -0.25) is 9.69 Å². The van der Waals surface area contributed by atoms with Gasteiger partial charge in [0.1, 0.15) is 10.1 Å². The summed E-state index contributed by atoms with van der Waals surface area (Å²) in [5.41, 5.74) is 3.62. The van der Waals surface area contributed by atoms with Gasteiger partial charge in [0.15, 0.2) is 0 Å². The van der Waals surface area contributed by atoms with Gasteiger partial charge in [-0.25, -0.2) is 4.68 Å². The third kappa shape index (κ3) is 7.61. The number of amides is 1. The van der Waals surface area contributed by atoms with Gasteiger partial charge >= 0.3 is 0 Å². The Bertz CT molecular complexity index is 1280. The molecular weight excluding hydrogens is 523 g/mol. The highest BCUT2D eigenvalue weighted by atomic mass is 32.2. The maximum atomic E-state index is 13.5. The van der Waals surface area contributed by atoms with Crippen molar-refractivity contribution in [2.45, 2.75) is 59.8 Å². The topological polar surface area (TPSA) is 47.4 Å². The fraction of sp³-hybridized carbons (Fsp3) is 0.406. The number of carbonyl (C=O) groups excluding carboxylic acids is 1. The molecule has 1 amide bonds. The predicted molar refractivity (Wildman–Crippen MR) is 167 cm³/mol. The van der Waals surface area contributed by atoms with Crippen LogP contribution in [0.15, 0.2) is 65.7 Å². The number of rotatable bonds is 13. The van der Waals surface area contributed by atoms with Crippen LogP contribution in [0.25, 0.3) is 23.0 Å². The van der Waals surface area contributed by atoms with Crippen LogP contribution in [0.5, 0.6) is 5.75 Å². The maximum Gasteiger partial charge on any atom is 0.266 e. The lowest BCUT2D eigenvalue weighted by atomic mass is 9.99. The molecule has 1 unspecified atom stereocenters. The number of ether oxygens (including phenoxy) is 1. The molecule has 39 heavy (non-hydrogen) atoms. The van der Waals surface area contributed by atoms with E-state index in [2.05, 4.69) is 27.7 Å². The Kier molecular flexibility index (Phi) is 10.4. The number of para-hydroxylation sites is 1. The van der Waals surface area contributed by atoms with E-state index in [-0.39, 0.29) is 5.91 Å². The molecule has 3 aromatic rings. The van der Waals surface area contributed by atoms with Gasteiger partial charge in [0.2, 0.25) is 0 Å². The quantitative estimate of drug-likeness (QED) is 0.155. The first kappa shape index (κ1) is 29.1. The van der Waals surface area contributed by atoms with Gasteiger partial charge in [-0.05, 0) is 67.2 Å². The van der Waals surface area contributed by atoms with Crippen LogP contribution in [0.4, 0.5) is 0 Å². The molecule has 1 aliphatic rings. The molecule has 206 valence electrons. The van der Waals surface area contributed by atoms with Gasteiger partial charge < -0.3 is 4.74 Å². The lowest BCUT2D eigenvalue weighted by molar-refractivity contribution is -0.122. The van der Waals surface area contributed by atoms with Crippen molar-refractivity contribution in [3.05, 3.63) is 71.3 Å². The summed E-state index contributed by atoms with van der Waals surface area (Å²) in [4.78, 5) is 15.9. The van der Waals surface area contributed by atoms with Crippen LogP contribution in [-0.2, 0) is 4.79 Å². The fourth-order valence-electron chi connectivity index (χ4n) is 4.53. The largest absolute Gasteiger partial charge is 0.494 e. The van der Waals surface area contributed by atoms with Gasteiger partial charge in [-0.15, -0.1) is 0 Å². The molecule has 7 heteroatoms. The normalized spacial score (nSPS) is 15.5. The first-order chi connectivity index (χ1) is 18.9. The van der Waals surface area contributed by atoms with Gasteiger partial charge in [0, 0.05) is 23.9 Å². The second-order valence-corrected chi connectivity index (χ2v) is 12.2. The second kappa shape index (κ2) is 13.9. The van der Waals surface area contributed by atoms with Gasteiger partial charge in [-0.2, -0.15) is 5.10 Å². The molecule has 1 aromatic heterocycles. The highest BCUT2D eigenvalue weighted by molar-refractivity contribution is 8.26. The first-order valence-corrected chi connectivity index (χ1v) is 15.3. The summed E-state index contributed by atoms with van der Waals surface area (Å²) >= 11 is 7.04. The number of nitrogens with zero attached hydrogens (tertiary/aromatic N) is 3. The van der Waals surface area contributed by atoms with Crippen molar-refractivity contribution in [2.24, 2.45) is 11.8 Å². The van der Waals surface area contributed by atoms with Crippen LogP contribution in [0, 0.1) is 11.8 Å². The van der Waals surface area contributed by atoms with E-state index >= 15 is 0 Å². The van der Waals surface area contributed by atoms with Crippen molar-refractivity contribution >= 4 is 40.3 Å². The third-order valence-corrected chi connectivity index (χ3v) is 8.38. The number of hydrogen-bond donors (Lipinski definition) is 0. The molecule has 0 bridgehead atoms. The van der Waals surface area contributed by atoms with Crippen LogP contribution >= 0.6 is 24.0 Å². The predicted octanol–water partition coefficient (Wildman–Crippen LogP) is 8.38. The third-order valence-electron chi connectivity index (χ3n) is 7.00. The van der Waals surface area contributed by atoms with Gasteiger partial charge in [0.05, 0.1) is 22.9 Å². The van der Waals surface area contributed by atoms with E-state index < -0.39 is 0 Å². The smallest absolute Gasteiger partial charge is 0.266 e.